The van der Waals surface area contributed by atoms with Crippen LogP contribution in [0.5, 0.6) is 5.75 Å². The molecule has 0 aliphatic heterocycles. The molecule has 2 rings (SSSR count). The van der Waals surface area contributed by atoms with E-state index in [0.29, 0.717) is 5.92 Å². The highest BCUT2D eigenvalue weighted by molar-refractivity contribution is 5.54. The molecule has 0 atom stereocenters. The highest BCUT2D eigenvalue weighted by Gasteiger charge is 2.32. The molecule has 0 aromatic heterocycles. The number of rotatable bonds is 2. The first kappa shape index (κ1) is 13.1. The molecular formula is C13H16F3NO. The topological polar surface area (TPSA) is 35.2 Å². The zero-order chi connectivity index (χ0) is 13.2. The molecule has 0 heterocycles. The lowest BCUT2D eigenvalue weighted by atomic mass is 9.84. The normalized spacial score (nSPS) is 17.7. The number of alkyl halides is 3. The molecule has 1 aliphatic rings. The summed E-state index contributed by atoms with van der Waals surface area (Å²) in [6.07, 6.45) is 0.816. The average molecular weight is 259 g/mol. The van der Waals surface area contributed by atoms with Crippen LogP contribution in [0.4, 0.5) is 18.9 Å². The maximum atomic E-state index is 12.2. The van der Waals surface area contributed by atoms with Crippen molar-refractivity contribution >= 4 is 5.69 Å². The number of ether oxygens (including phenoxy) is 1. The van der Waals surface area contributed by atoms with E-state index in [-0.39, 0.29) is 11.4 Å². The van der Waals surface area contributed by atoms with Gasteiger partial charge in [0, 0.05) is 0 Å². The van der Waals surface area contributed by atoms with Gasteiger partial charge in [0.25, 0.3) is 0 Å². The Morgan fingerprint density at radius 3 is 2.39 bits per heavy atom. The van der Waals surface area contributed by atoms with E-state index >= 15 is 0 Å². The van der Waals surface area contributed by atoms with Crippen LogP contribution in [0.1, 0.15) is 43.6 Å². The van der Waals surface area contributed by atoms with Gasteiger partial charge in [0.15, 0.2) is 5.75 Å². The van der Waals surface area contributed by atoms with Crippen molar-refractivity contribution in [1.29, 1.82) is 0 Å². The Kier molecular flexibility index (Phi) is 3.68. The van der Waals surface area contributed by atoms with E-state index in [2.05, 4.69) is 4.74 Å². The number of anilines is 1. The molecule has 1 aromatic rings. The van der Waals surface area contributed by atoms with E-state index in [4.69, 9.17) is 5.73 Å². The Balaban J connectivity index is 2.19. The molecule has 100 valence electrons. The summed E-state index contributed by atoms with van der Waals surface area (Å²) in [5.41, 5.74) is 6.41. The van der Waals surface area contributed by atoms with Crippen LogP contribution in [-0.4, -0.2) is 6.36 Å². The first-order chi connectivity index (χ1) is 8.46. The van der Waals surface area contributed by atoms with Gasteiger partial charge in [-0.05, 0) is 36.5 Å². The minimum atomic E-state index is -4.70. The van der Waals surface area contributed by atoms with E-state index < -0.39 is 6.36 Å². The van der Waals surface area contributed by atoms with Gasteiger partial charge in [-0.3, -0.25) is 0 Å². The molecule has 1 aromatic carbocycles. The summed E-state index contributed by atoms with van der Waals surface area (Å²) in [4.78, 5) is 0. The zero-order valence-electron chi connectivity index (χ0n) is 9.96. The number of halogens is 3. The van der Waals surface area contributed by atoms with Crippen molar-refractivity contribution in [3.63, 3.8) is 0 Å². The van der Waals surface area contributed by atoms with E-state index in [0.717, 1.165) is 31.2 Å². The van der Waals surface area contributed by atoms with E-state index in [1.54, 1.807) is 6.07 Å². The SMILES string of the molecule is Nc1ccc(C2CCCCC2)cc1OC(F)(F)F. The van der Waals surface area contributed by atoms with Crippen LogP contribution in [0.2, 0.25) is 0 Å². The molecule has 1 fully saturated rings. The third-order valence-electron chi connectivity index (χ3n) is 3.34. The third-order valence-corrected chi connectivity index (χ3v) is 3.34. The lowest BCUT2D eigenvalue weighted by molar-refractivity contribution is -0.274. The molecule has 0 radical (unpaired) electrons. The summed E-state index contributed by atoms with van der Waals surface area (Å²) < 4.78 is 40.6. The van der Waals surface area contributed by atoms with Gasteiger partial charge in [-0.2, -0.15) is 0 Å². The molecule has 5 heteroatoms. The smallest absolute Gasteiger partial charge is 0.404 e. The van der Waals surface area contributed by atoms with Gasteiger partial charge in [-0.1, -0.05) is 25.3 Å². The Hall–Kier alpha value is -1.39. The third kappa shape index (κ3) is 3.31. The van der Waals surface area contributed by atoms with Gasteiger partial charge in [-0.15, -0.1) is 13.2 Å². The van der Waals surface area contributed by atoms with Crippen molar-refractivity contribution in [1.82, 2.24) is 0 Å². The predicted octanol–water partition coefficient (Wildman–Crippen LogP) is 4.22. The summed E-state index contributed by atoms with van der Waals surface area (Å²) >= 11 is 0. The molecular weight excluding hydrogens is 243 g/mol. The summed E-state index contributed by atoms with van der Waals surface area (Å²) in [5, 5.41) is 0. The highest BCUT2D eigenvalue weighted by Crippen LogP contribution is 2.37. The van der Waals surface area contributed by atoms with Crippen molar-refractivity contribution in [2.45, 2.75) is 44.4 Å². The molecule has 0 saturated heterocycles. The molecule has 0 amide bonds. The molecule has 0 spiro atoms. The fraction of sp³-hybridized carbons (Fsp3) is 0.538. The molecule has 0 bridgehead atoms. The van der Waals surface area contributed by atoms with Crippen molar-refractivity contribution in [2.75, 3.05) is 5.73 Å². The summed E-state index contributed by atoms with van der Waals surface area (Å²) in [6.45, 7) is 0. The zero-order valence-corrected chi connectivity index (χ0v) is 9.96. The van der Waals surface area contributed by atoms with Crippen LogP contribution < -0.4 is 10.5 Å². The van der Waals surface area contributed by atoms with Crippen LogP contribution in [0.15, 0.2) is 18.2 Å². The Morgan fingerprint density at radius 1 is 1.11 bits per heavy atom. The van der Waals surface area contributed by atoms with Crippen LogP contribution in [0.3, 0.4) is 0 Å². The molecule has 18 heavy (non-hydrogen) atoms. The monoisotopic (exact) mass is 259 g/mol. The first-order valence-electron chi connectivity index (χ1n) is 6.11. The lowest BCUT2D eigenvalue weighted by Crippen LogP contribution is -2.18. The quantitative estimate of drug-likeness (QED) is 0.807. The fourth-order valence-corrected chi connectivity index (χ4v) is 2.45. The summed E-state index contributed by atoms with van der Waals surface area (Å²) in [6, 6.07) is 4.72. The van der Waals surface area contributed by atoms with Gasteiger partial charge in [0.05, 0.1) is 5.69 Å². The van der Waals surface area contributed by atoms with Gasteiger partial charge < -0.3 is 10.5 Å². The second-order valence-electron chi connectivity index (χ2n) is 4.68. The van der Waals surface area contributed by atoms with E-state index in [1.807, 2.05) is 0 Å². The Labute approximate surface area is 104 Å². The van der Waals surface area contributed by atoms with Gasteiger partial charge >= 0.3 is 6.36 Å². The number of nitrogen functional groups attached to an aromatic ring is 1. The lowest BCUT2D eigenvalue weighted by Gasteiger charge is -2.23. The number of hydrogen-bond acceptors (Lipinski definition) is 2. The Morgan fingerprint density at radius 2 is 1.78 bits per heavy atom. The van der Waals surface area contributed by atoms with Gasteiger partial charge in [0.1, 0.15) is 0 Å². The minimum absolute atomic E-state index is 0.0203. The number of benzene rings is 1. The number of nitrogens with two attached hydrogens (primary N) is 1. The average Bonchev–Trinajstić information content (AvgIpc) is 2.31. The van der Waals surface area contributed by atoms with Crippen LogP contribution >= 0.6 is 0 Å². The standard InChI is InChI=1S/C13H16F3NO/c14-13(15,16)18-12-8-10(6-7-11(12)17)9-4-2-1-3-5-9/h6-9H,1-5,17H2. The van der Waals surface area contributed by atoms with Crippen LogP contribution in [0, 0.1) is 0 Å². The molecule has 2 N–H and O–H groups in total. The highest BCUT2D eigenvalue weighted by atomic mass is 19.4. The minimum Gasteiger partial charge on any atom is -0.404 e. The van der Waals surface area contributed by atoms with Gasteiger partial charge in [0.2, 0.25) is 0 Å². The van der Waals surface area contributed by atoms with Crippen molar-refractivity contribution < 1.29 is 17.9 Å². The largest absolute Gasteiger partial charge is 0.573 e. The van der Waals surface area contributed by atoms with Crippen LogP contribution in [-0.2, 0) is 0 Å². The molecule has 1 saturated carbocycles. The fourth-order valence-electron chi connectivity index (χ4n) is 2.45. The maximum Gasteiger partial charge on any atom is 0.573 e. The second-order valence-corrected chi connectivity index (χ2v) is 4.68. The molecule has 0 unspecified atom stereocenters. The Bertz CT molecular complexity index is 411. The molecule has 2 nitrogen and oxygen atoms in total. The van der Waals surface area contributed by atoms with Crippen LogP contribution in [0.25, 0.3) is 0 Å². The first-order valence-corrected chi connectivity index (χ1v) is 6.11. The van der Waals surface area contributed by atoms with Crippen molar-refractivity contribution in [2.24, 2.45) is 0 Å². The van der Waals surface area contributed by atoms with Crippen molar-refractivity contribution in [3.05, 3.63) is 23.8 Å². The van der Waals surface area contributed by atoms with E-state index in [9.17, 15) is 13.2 Å². The predicted molar refractivity (Wildman–Crippen MR) is 63.4 cm³/mol. The van der Waals surface area contributed by atoms with Crippen molar-refractivity contribution in [3.8, 4) is 5.75 Å². The van der Waals surface area contributed by atoms with E-state index in [1.165, 1.54) is 18.6 Å². The van der Waals surface area contributed by atoms with Gasteiger partial charge in [-0.25, -0.2) is 0 Å². The summed E-state index contributed by atoms with van der Waals surface area (Å²) in [7, 11) is 0. The summed E-state index contributed by atoms with van der Waals surface area (Å²) in [5.74, 6) is 0.0421. The molecule has 1 aliphatic carbocycles. The maximum absolute atomic E-state index is 12.2. The number of hydrogen-bond donors (Lipinski definition) is 1. The second kappa shape index (κ2) is 5.08.